The van der Waals surface area contributed by atoms with Crippen LogP contribution in [-0.4, -0.2) is 32.2 Å². The third-order valence-electron chi connectivity index (χ3n) is 2.42. The van der Waals surface area contributed by atoms with Crippen molar-refractivity contribution in [1.82, 2.24) is 4.98 Å². The minimum Gasteiger partial charge on any atom is -0.369 e. The molecule has 0 aliphatic heterocycles. The predicted molar refractivity (Wildman–Crippen MR) is 67.6 cm³/mol. The third-order valence-corrected chi connectivity index (χ3v) is 3.72. The van der Waals surface area contributed by atoms with E-state index >= 15 is 0 Å². The van der Waals surface area contributed by atoms with Crippen molar-refractivity contribution < 1.29 is 9.13 Å². The summed E-state index contributed by atoms with van der Waals surface area (Å²) in [6.45, 7) is 4.04. The maximum atomic E-state index is 11.1. The molecule has 1 aromatic rings. The Morgan fingerprint density at radius 3 is 2.76 bits per heavy atom. The highest BCUT2D eigenvalue weighted by molar-refractivity contribution is 7.84. The second kappa shape index (κ2) is 5.72. The van der Waals surface area contributed by atoms with Gasteiger partial charge in [0.05, 0.1) is 4.92 Å². The van der Waals surface area contributed by atoms with Crippen molar-refractivity contribution >= 4 is 22.3 Å². The highest BCUT2D eigenvalue weighted by Gasteiger charge is 2.12. The van der Waals surface area contributed by atoms with Gasteiger partial charge in [0.15, 0.2) is 0 Å². The topological polar surface area (TPSA) is 85.1 Å². The SMILES string of the molecule is Cc1cc(NCC(C)S(C)=O)ncc1[N+](=O)[O-]. The van der Waals surface area contributed by atoms with E-state index in [4.69, 9.17) is 0 Å². The van der Waals surface area contributed by atoms with Gasteiger partial charge in [-0.3, -0.25) is 14.3 Å². The van der Waals surface area contributed by atoms with Crippen LogP contribution >= 0.6 is 0 Å². The molecule has 1 aromatic heterocycles. The number of nitrogens with one attached hydrogen (secondary N) is 1. The van der Waals surface area contributed by atoms with Crippen LogP contribution in [0.2, 0.25) is 0 Å². The zero-order valence-electron chi connectivity index (χ0n) is 9.97. The molecule has 1 heterocycles. The van der Waals surface area contributed by atoms with Gasteiger partial charge in [0, 0.05) is 34.4 Å². The van der Waals surface area contributed by atoms with Crippen LogP contribution < -0.4 is 5.32 Å². The first kappa shape index (κ1) is 13.6. The Labute approximate surface area is 102 Å². The van der Waals surface area contributed by atoms with Crippen molar-refractivity contribution in [1.29, 1.82) is 0 Å². The number of pyridine rings is 1. The van der Waals surface area contributed by atoms with Crippen molar-refractivity contribution in [3.63, 3.8) is 0 Å². The minimum atomic E-state index is -0.900. The largest absolute Gasteiger partial charge is 0.369 e. The van der Waals surface area contributed by atoms with Crippen LogP contribution in [-0.2, 0) is 10.8 Å². The molecule has 2 atom stereocenters. The van der Waals surface area contributed by atoms with Crippen LogP contribution in [0.1, 0.15) is 12.5 Å². The van der Waals surface area contributed by atoms with E-state index in [0.29, 0.717) is 17.9 Å². The summed E-state index contributed by atoms with van der Waals surface area (Å²) in [6, 6.07) is 1.61. The van der Waals surface area contributed by atoms with Crippen molar-refractivity contribution in [3.8, 4) is 0 Å². The molecule has 2 unspecified atom stereocenters. The molecule has 0 radical (unpaired) electrons. The molecule has 0 aliphatic carbocycles. The summed E-state index contributed by atoms with van der Waals surface area (Å²) in [5.74, 6) is 0.561. The molecule has 1 N–H and O–H groups in total. The van der Waals surface area contributed by atoms with Gasteiger partial charge in [-0.1, -0.05) is 0 Å². The van der Waals surface area contributed by atoms with Gasteiger partial charge in [-0.15, -0.1) is 0 Å². The summed E-state index contributed by atoms with van der Waals surface area (Å²) in [5.41, 5.74) is 0.556. The highest BCUT2D eigenvalue weighted by atomic mass is 32.2. The van der Waals surface area contributed by atoms with Gasteiger partial charge in [-0.25, -0.2) is 4.98 Å². The fraction of sp³-hybridized carbons (Fsp3) is 0.500. The van der Waals surface area contributed by atoms with Gasteiger partial charge in [-0.2, -0.15) is 0 Å². The van der Waals surface area contributed by atoms with Gasteiger partial charge >= 0.3 is 0 Å². The summed E-state index contributed by atoms with van der Waals surface area (Å²) in [5, 5.41) is 13.6. The number of aromatic nitrogens is 1. The molecule has 94 valence electrons. The smallest absolute Gasteiger partial charge is 0.290 e. The van der Waals surface area contributed by atoms with Crippen LogP contribution in [0.4, 0.5) is 11.5 Å². The predicted octanol–water partition coefficient (Wildman–Crippen LogP) is 1.48. The first-order chi connectivity index (χ1) is 7.91. The standard InChI is InChI=1S/C10H15N3O3S/c1-7-4-10(11-5-8(2)17(3)16)12-6-9(7)13(14)15/h4,6,8H,5H2,1-3H3,(H,11,12). The maximum Gasteiger partial charge on any atom is 0.290 e. The van der Waals surface area contributed by atoms with E-state index < -0.39 is 15.7 Å². The van der Waals surface area contributed by atoms with Gasteiger partial charge in [0.25, 0.3) is 5.69 Å². The molecule has 0 saturated heterocycles. The van der Waals surface area contributed by atoms with Crippen LogP contribution in [0.25, 0.3) is 0 Å². The molecule has 0 bridgehead atoms. The molecule has 0 saturated carbocycles. The number of hydrogen-bond acceptors (Lipinski definition) is 5. The zero-order valence-corrected chi connectivity index (χ0v) is 10.8. The lowest BCUT2D eigenvalue weighted by Gasteiger charge is -2.10. The lowest BCUT2D eigenvalue weighted by Crippen LogP contribution is -2.21. The Hall–Kier alpha value is -1.50. The van der Waals surface area contributed by atoms with Crippen molar-refractivity contribution in [2.45, 2.75) is 19.1 Å². The number of nitro groups is 1. The average Bonchev–Trinajstić information content (AvgIpc) is 2.25. The average molecular weight is 257 g/mol. The Morgan fingerprint density at radius 2 is 2.29 bits per heavy atom. The Bertz CT molecular complexity index is 450. The molecule has 0 aromatic carbocycles. The number of aryl methyl sites for hydroxylation is 1. The molecule has 0 aliphatic rings. The number of hydrogen-bond donors (Lipinski definition) is 1. The summed E-state index contributed by atoms with van der Waals surface area (Å²) in [6.07, 6.45) is 2.87. The van der Waals surface area contributed by atoms with Crippen LogP contribution in [0.15, 0.2) is 12.3 Å². The second-order valence-electron chi connectivity index (χ2n) is 3.80. The molecular formula is C10H15N3O3S. The number of nitrogens with zero attached hydrogens (tertiary/aromatic N) is 2. The second-order valence-corrected chi connectivity index (χ2v) is 5.61. The molecular weight excluding hydrogens is 242 g/mol. The minimum absolute atomic E-state index is 0.00247. The monoisotopic (exact) mass is 257 g/mol. The highest BCUT2D eigenvalue weighted by Crippen LogP contribution is 2.18. The van der Waals surface area contributed by atoms with E-state index in [9.17, 15) is 14.3 Å². The van der Waals surface area contributed by atoms with Crippen LogP contribution in [0.3, 0.4) is 0 Å². The Kier molecular flexibility index (Phi) is 4.56. The van der Waals surface area contributed by atoms with Gasteiger partial charge in [0.2, 0.25) is 0 Å². The first-order valence-corrected chi connectivity index (χ1v) is 6.71. The summed E-state index contributed by atoms with van der Waals surface area (Å²) in [4.78, 5) is 14.1. The van der Waals surface area contributed by atoms with E-state index in [1.165, 1.54) is 6.20 Å². The lowest BCUT2D eigenvalue weighted by molar-refractivity contribution is -0.385. The molecule has 6 nitrogen and oxygen atoms in total. The van der Waals surface area contributed by atoms with Crippen molar-refractivity contribution in [2.75, 3.05) is 18.1 Å². The Balaban J connectivity index is 2.71. The molecule has 0 fully saturated rings. The maximum absolute atomic E-state index is 11.1. The first-order valence-electron chi connectivity index (χ1n) is 5.09. The zero-order chi connectivity index (χ0) is 13.0. The molecule has 7 heteroatoms. The summed E-state index contributed by atoms with van der Waals surface area (Å²) in [7, 11) is -0.900. The summed E-state index contributed by atoms with van der Waals surface area (Å²) >= 11 is 0. The molecule has 0 amide bonds. The lowest BCUT2D eigenvalue weighted by atomic mass is 10.2. The van der Waals surface area contributed by atoms with Crippen molar-refractivity contribution in [3.05, 3.63) is 27.9 Å². The molecule has 0 spiro atoms. The van der Waals surface area contributed by atoms with Crippen molar-refractivity contribution in [2.24, 2.45) is 0 Å². The van der Waals surface area contributed by atoms with Crippen LogP contribution in [0.5, 0.6) is 0 Å². The molecule has 1 rings (SSSR count). The van der Waals surface area contributed by atoms with Crippen LogP contribution in [0, 0.1) is 17.0 Å². The molecule has 17 heavy (non-hydrogen) atoms. The van der Waals surface area contributed by atoms with E-state index in [2.05, 4.69) is 10.3 Å². The third kappa shape index (κ3) is 3.77. The van der Waals surface area contributed by atoms with Gasteiger partial charge in [-0.05, 0) is 19.9 Å². The number of rotatable bonds is 5. The quantitative estimate of drug-likeness (QED) is 0.638. The summed E-state index contributed by atoms with van der Waals surface area (Å²) < 4.78 is 11.1. The van der Waals surface area contributed by atoms with Gasteiger partial charge in [0.1, 0.15) is 12.0 Å². The fourth-order valence-electron chi connectivity index (χ4n) is 1.20. The van der Waals surface area contributed by atoms with E-state index in [-0.39, 0.29) is 10.9 Å². The Morgan fingerprint density at radius 1 is 1.65 bits per heavy atom. The van der Waals surface area contributed by atoms with E-state index in [1.807, 2.05) is 6.92 Å². The van der Waals surface area contributed by atoms with Gasteiger partial charge < -0.3 is 5.32 Å². The normalized spacial score (nSPS) is 14.1. The fourth-order valence-corrected chi connectivity index (χ4v) is 1.52. The number of anilines is 1. The van der Waals surface area contributed by atoms with E-state index in [0.717, 1.165) is 0 Å². The van der Waals surface area contributed by atoms with E-state index in [1.54, 1.807) is 19.2 Å².